The summed E-state index contributed by atoms with van der Waals surface area (Å²) in [5, 5.41) is 14.9. The van der Waals surface area contributed by atoms with E-state index in [0.29, 0.717) is 22.0 Å². The molecular weight excluding hydrogens is 378 g/mol. The number of halogens is 1. The SMILES string of the molecule is C[C@H](c1cccc([N+](=O)[O-])c1)N(C)C(=O)[C@H]1CC(c2ccc(Cl)s2)=NO1. The smallest absolute Gasteiger partial charge is 0.269 e. The van der Waals surface area contributed by atoms with Crippen molar-refractivity contribution in [1.29, 1.82) is 0 Å². The highest BCUT2D eigenvalue weighted by atomic mass is 35.5. The molecule has 1 aliphatic rings. The number of benzene rings is 1. The summed E-state index contributed by atoms with van der Waals surface area (Å²) in [7, 11) is 1.65. The quantitative estimate of drug-likeness (QED) is 0.567. The molecule has 1 aromatic carbocycles. The molecule has 1 amide bonds. The van der Waals surface area contributed by atoms with Crippen molar-refractivity contribution in [3.8, 4) is 0 Å². The Kier molecular flexibility index (Phi) is 5.24. The summed E-state index contributed by atoms with van der Waals surface area (Å²) >= 11 is 7.31. The first-order valence-corrected chi connectivity index (χ1v) is 9.05. The van der Waals surface area contributed by atoms with Gasteiger partial charge in [0.25, 0.3) is 11.6 Å². The van der Waals surface area contributed by atoms with Crippen LogP contribution < -0.4 is 0 Å². The second-order valence-corrected chi connectivity index (χ2v) is 7.63. The molecule has 136 valence electrons. The largest absolute Gasteiger partial charge is 0.382 e. The van der Waals surface area contributed by atoms with Crippen molar-refractivity contribution < 1.29 is 14.6 Å². The van der Waals surface area contributed by atoms with Crippen LogP contribution in [0.1, 0.15) is 29.8 Å². The summed E-state index contributed by atoms with van der Waals surface area (Å²) in [6, 6.07) is 9.53. The third-order valence-electron chi connectivity index (χ3n) is 4.29. The third-order valence-corrected chi connectivity index (χ3v) is 5.57. The number of nitro groups is 1. The Morgan fingerprint density at radius 3 is 2.88 bits per heavy atom. The molecule has 0 fully saturated rings. The topological polar surface area (TPSA) is 85.0 Å². The van der Waals surface area contributed by atoms with E-state index in [9.17, 15) is 14.9 Å². The van der Waals surface area contributed by atoms with Gasteiger partial charge in [-0.2, -0.15) is 0 Å². The number of thiophene rings is 1. The molecule has 1 aromatic heterocycles. The van der Waals surface area contributed by atoms with E-state index in [-0.39, 0.29) is 17.6 Å². The van der Waals surface area contributed by atoms with Crippen LogP contribution in [0.2, 0.25) is 4.34 Å². The summed E-state index contributed by atoms with van der Waals surface area (Å²) in [6.07, 6.45) is -0.348. The molecule has 0 saturated heterocycles. The minimum absolute atomic E-state index is 0.00694. The van der Waals surface area contributed by atoms with E-state index in [1.807, 2.05) is 13.0 Å². The molecule has 0 bridgehead atoms. The Morgan fingerprint density at radius 2 is 2.23 bits per heavy atom. The van der Waals surface area contributed by atoms with E-state index in [4.69, 9.17) is 16.4 Å². The summed E-state index contributed by atoms with van der Waals surface area (Å²) in [5.41, 5.74) is 1.36. The van der Waals surface area contributed by atoms with Crippen molar-refractivity contribution in [1.82, 2.24) is 4.90 Å². The molecule has 2 heterocycles. The number of carbonyl (C=O) groups excluding carboxylic acids is 1. The van der Waals surface area contributed by atoms with Gasteiger partial charge in [-0.15, -0.1) is 11.3 Å². The molecule has 0 spiro atoms. The van der Waals surface area contributed by atoms with E-state index in [1.165, 1.54) is 28.4 Å². The first-order valence-electron chi connectivity index (χ1n) is 7.86. The van der Waals surface area contributed by atoms with Crippen LogP contribution in [0.4, 0.5) is 5.69 Å². The number of hydrogen-bond donors (Lipinski definition) is 0. The second-order valence-electron chi connectivity index (χ2n) is 5.92. The fourth-order valence-electron chi connectivity index (χ4n) is 2.66. The Balaban J connectivity index is 1.68. The van der Waals surface area contributed by atoms with Gasteiger partial charge in [0.1, 0.15) is 5.71 Å². The Bertz CT molecular complexity index is 882. The lowest BCUT2D eigenvalue weighted by Crippen LogP contribution is -2.38. The summed E-state index contributed by atoms with van der Waals surface area (Å²) in [4.78, 5) is 30.9. The first kappa shape index (κ1) is 18.3. The molecular formula is C17H16ClN3O4S. The zero-order chi connectivity index (χ0) is 18.8. The monoisotopic (exact) mass is 393 g/mol. The third kappa shape index (κ3) is 3.71. The lowest BCUT2D eigenvalue weighted by atomic mass is 10.0. The molecule has 7 nitrogen and oxygen atoms in total. The van der Waals surface area contributed by atoms with Gasteiger partial charge >= 0.3 is 0 Å². The van der Waals surface area contributed by atoms with Crippen LogP contribution in [-0.4, -0.2) is 34.6 Å². The van der Waals surface area contributed by atoms with E-state index < -0.39 is 11.0 Å². The Hall–Kier alpha value is -2.45. The number of oxime groups is 1. The van der Waals surface area contributed by atoms with Crippen molar-refractivity contribution in [3.05, 3.63) is 61.3 Å². The fraction of sp³-hybridized carbons (Fsp3) is 0.294. The minimum atomic E-state index is -0.711. The summed E-state index contributed by atoms with van der Waals surface area (Å²) < 4.78 is 0.647. The van der Waals surface area contributed by atoms with Crippen molar-refractivity contribution in [2.45, 2.75) is 25.5 Å². The minimum Gasteiger partial charge on any atom is -0.382 e. The number of rotatable bonds is 5. The summed E-state index contributed by atoms with van der Waals surface area (Å²) in [5.74, 6) is -0.231. The molecule has 1 aliphatic heterocycles. The van der Waals surface area contributed by atoms with Crippen LogP contribution in [0, 0.1) is 10.1 Å². The maximum absolute atomic E-state index is 12.7. The Labute approximate surface area is 159 Å². The van der Waals surface area contributed by atoms with E-state index in [0.717, 1.165) is 4.88 Å². The van der Waals surface area contributed by atoms with Crippen LogP contribution in [0.3, 0.4) is 0 Å². The van der Waals surface area contributed by atoms with Crippen LogP contribution in [0.25, 0.3) is 0 Å². The molecule has 2 atom stereocenters. The number of nitro benzene ring substituents is 1. The van der Waals surface area contributed by atoms with Crippen LogP contribution in [-0.2, 0) is 9.63 Å². The predicted octanol–water partition coefficient (Wildman–Crippen LogP) is 4.02. The van der Waals surface area contributed by atoms with Crippen molar-refractivity contribution in [2.24, 2.45) is 5.16 Å². The second kappa shape index (κ2) is 7.43. The number of likely N-dealkylation sites (N-methyl/N-ethyl adjacent to an activating group) is 1. The van der Waals surface area contributed by atoms with Gasteiger partial charge in [-0.25, -0.2) is 0 Å². The maximum Gasteiger partial charge on any atom is 0.269 e. The van der Waals surface area contributed by atoms with E-state index in [2.05, 4.69) is 5.16 Å². The van der Waals surface area contributed by atoms with Crippen LogP contribution >= 0.6 is 22.9 Å². The van der Waals surface area contributed by atoms with Crippen molar-refractivity contribution in [2.75, 3.05) is 7.05 Å². The first-order chi connectivity index (χ1) is 12.4. The molecule has 2 aromatic rings. The van der Waals surface area contributed by atoms with Crippen LogP contribution in [0.15, 0.2) is 41.6 Å². The van der Waals surface area contributed by atoms with Crippen LogP contribution in [0.5, 0.6) is 0 Å². The van der Waals surface area contributed by atoms with Gasteiger partial charge in [-0.1, -0.05) is 28.9 Å². The van der Waals surface area contributed by atoms with Gasteiger partial charge in [0.15, 0.2) is 0 Å². The van der Waals surface area contributed by atoms with Gasteiger partial charge in [0, 0.05) is 25.6 Å². The molecule has 9 heteroatoms. The molecule has 0 unspecified atom stereocenters. The predicted molar refractivity (Wildman–Crippen MR) is 99.6 cm³/mol. The molecule has 3 rings (SSSR count). The average Bonchev–Trinajstić information content (AvgIpc) is 3.28. The molecule has 0 saturated carbocycles. The fourth-order valence-corrected chi connectivity index (χ4v) is 3.70. The normalized spacial score (nSPS) is 17.3. The zero-order valence-electron chi connectivity index (χ0n) is 14.1. The highest BCUT2D eigenvalue weighted by molar-refractivity contribution is 7.18. The number of amides is 1. The average molecular weight is 394 g/mol. The number of hydrogen-bond acceptors (Lipinski definition) is 6. The lowest BCUT2D eigenvalue weighted by molar-refractivity contribution is -0.384. The van der Waals surface area contributed by atoms with Gasteiger partial charge in [0.2, 0.25) is 6.10 Å². The van der Waals surface area contributed by atoms with E-state index >= 15 is 0 Å². The highest BCUT2D eigenvalue weighted by Gasteiger charge is 2.33. The number of nitrogens with zero attached hydrogens (tertiary/aromatic N) is 3. The number of carbonyl (C=O) groups is 1. The maximum atomic E-state index is 12.7. The molecule has 0 N–H and O–H groups in total. The van der Waals surface area contributed by atoms with Gasteiger partial charge in [-0.3, -0.25) is 14.9 Å². The standard InChI is InChI=1S/C17H16ClN3O4S/c1-10(11-4-3-5-12(8-11)21(23)24)20(2)17(22)14-9-13(19-25-14)15-6-7-16(18)26-15/h3-8,10,14H,9H2,1-2H3/t10-,14-/m1/s1. The highest BCUT2D eigenvalue weighted by Crippen LogP contribution is 2.28. The summed E-state index contributed by atoms with van der Waals surface area (Å²) in [6.45, 7) is 1.81. The van der Waals surface area contributed by atoms with Gasteiger partial charge in [0.05, 0.1) is 20.2 Å². The van der Waals surface area contributed by atoms with Crippen molar-refractivity contribution >= 4 is 40.2 Å². The zero-order valence-corrected chi connectivity index (χ0v) is 15.7. The van der Waals surface area contributed by atoms with Crippen molar-refractivity contribution in [3.63, 3.8) is 0 Å². The van der Waals surface area contributed by atoms with E-state index in [1.54, 1.807) is 25.2 Å². The Morgan fingerprint density at radius 1 is 1.46 bits per heavy atom. The van der Waals surface area contributed by atoms with Gasteiger partial charge < -0.3 is 9.74 Å². The van der Waals surface area contributed by atoms with Gasteiger partial charge in [-0.05, 0) is 24.6 Å². The molecule has 0 radical (unpaired) electrons. The molecule has 0 aliphatic carbocycles. The lowest BCUT2D eigenvalue weighted by Gasteiger charge is -2.26. The molecule has 26 heavy (non-hydrogen) atoms. The number of non-ortho nitro benzene ring substituents is 1.